The maximum atomic E-state index is 14.1. The van der Waals surface area contributed by atoms with Crippen LogP contribution in [0, 0.1) is 18.8 Å². The van der Waals surface area contributed by atoms with E-state index < -0.39 is 41.2 Å². The average molecular weight is 545 g/mol. The predicted molar refractivity (Wildman–Crippen MR) is 148 cm³/mol. The molecule has 0 saturated carbocycles. The van der Waals surface area contributed by atoms with Crippen LogP contribution in [0.25, 0.3) is 0 Å². The van der Waals surface area contributed by atoms with Crippen molar-refractivity contribution in [2.75, 3.05) is 19.1 Å². The third-order valence-corrected chi connectivity index (χ3v) is 8.20. The number of rotatable bonds is 8. The standard InChI is InChI=1S/C31H32N2O7/c1-5-18-6-10-20(11-7-18)33-28(35)24-25(29(33)36)31(30(37)38,16-19-8-12-21(34)13-9-19)32-26(24)22-14-15-23(39-3)17(2)27(22)40-4/h6-15,24-26,32,34H,5,16H2,1-4H3,(H,37,38). The number of methoxy groups -OCH3 is 2. The van der Waals surface area contributed by atoms with Gasteiger partial charge < -0.3 is 19.7 Å². The molecule has 9 heteroatoms. The van der Waals surface area contributed by atoms with Crippen molar-refractivity contribution >= 4 is 23.5 Å². The van der Waals surface area contributed by atoms with Gasteiger partial charge in [-0.25, -0.2) is 4.90 Å². The molecule has 4 unspecified atom stereocenters. The fourth-order valence-electron chi connectivity index (χ4n) is 6.21. The molecular weight excluding hydrogens is 512 g/mol. The number of aryl methyl sites for hydroxylation is 1. The summed E-state index contributed by atoms with van der Waals surface area (Å²) in [6, 6.07) is 16.0. The van der Waals surface area contributed by atoms with E-state index in [4.69, 9.17) is 9.47 Å². The van der Waals surface area contributed by atoms with Gasteiger partial charge >= 0.3 is 5.97 Å². The number of carbonyl (C=O) groups is 3. The number of nitrogens with zero attached hydrogens (tertiary/aromatic N) is 1. The Morgan fingerprint density at radius 1 is 0.950 bits per heavy atom. The van der Waals surface area contributed by atoms with Crippen LogP contribution in [0.3, 0.4) is 0 Å². The first-order chi connectivity index (χ1) is 19.2. The SMILES string of the molecule is CCc1ccc(N2C(=O)C3C(c4ccc(OC)c(C)c4OC)NC(Cc4ccc(O)cc4)(C(=O)O)C3C2=O)cc1. The molecule has 2 saturated heterocycles. The van der Waals surface area contributed by atoms with Gasteiger partial charge in [0.15, 0.2) is 0 Å². The highest BCUT2D eigenvalue weighted by Crippen LogP contribution is 2.53. The molecule has 2 aliphatic rings. The highest BCUT2D eigenvalue weighted by molar-refractivity contribution is 6.24. The number of hydrogen-bond acceptors (Lipinski definition) is 7. The van der Waals surface area contributed by atoms with E-state index in [1.165, 1.54) is 19.2 Å². The summed E-state index contributed by atoms with van der Waals surface area (Å²) >= 11 is 0. The fourth-order valence-corrected chi connectivity index (χ4v) is 6.21. The summed E-state index contributed by atoms with van der Waals surface area (Å²) in [4.78, 5) is 42.5. The molecule has 208 valence electrons. The number of aromatic hydroxyl groups is 1. The first-order valence-electron chi connectivity index (χ1n) is 13.1. The summed E-state index contributed by atoms with van der Waals surface area (Å²) in [7, 11) is 3.04. The smallest absolute Gasteiger partial charge is 0.325 e. The van der Waals surface area contributed by atoms with E-state index >= 15 is 0 Å². The monoisotopic (exact) mass is 544 g/mol. The van der Waals surface area contributed by atoms with E-state index in [0.717, 1.165) is 16.9 Å². The van der Waals surface area contributed by atoms with Gasteiger partial charge in [-0.1, -0.05) is 37.3 Å². The molecule has 4 atom stereocenters. The number of carboxylic acid groups (broad SMARTS) is 1. The second-order valence-corrected chi connectivity index (χ2v) is 10.3. The van der Waals surface area contributed by atoms with Crippen molar-refractivity contribution in [1.82, 2.24) is 5.32 Å². The number of imide groups is 1. The van der Waals surface area contributed by atoms with Crippen molar-refractivity contribution in [1.29, 1.82) is 0 Å². The number of nitrogens with one attached hydrogen (secondary N) is 1. The minimum atomic E-state index is -1.81. The molecule has 40 heavy (non-hydrogen) atoms. The van der Waals surface area contributed by atoms with Crippen molar-refractivity contribution in [3.05, 3.63) is 82.9 Å². The van der Waals surface area contributed by atoms with Gasteiger partial charge in [0.25, 0.3) is 0 Å². The Labute approximate surface area is 232 Å². The van der Waals surface area contributed by atoms with Crippen LogP contribution in [-0.4, -0.2) is 47.8 Å². The van der Waals surface area contributed by atoms with E-state index in [0.29, 0.717) is 33.9 Å². The van der Waals surface area contributed by atoms with Gasteiger partial charge in [0.2, 0.25) is 11.8 Å². The number of phenolic OH excluding ortho intramolecular Hbond substituents is 1. The van der Waals surface area contributed by atoms with Gasteiger partial charge in [0.1, 0.15) is 22.8 Å². The first-order valence-corrected chi connectivity index (χ1v) is 13.1. The Bertz CT molecular complexity index is 1470. The lowest BCUT2D eigenvalue weighted by atomic mass is 9.76. The molecule has 3 aromatic carbocycles. The number of aliphatic carboxylic acids is 1. The van der Waals surface area contributed by atoms with Gasteiger partial charge in [-0.2, -0.15) is 0 Å². The molecule has 0 radical (unpaired) electrons. The molecule has 3 N–H and O–H groups in total. The summed E-state index contributed by atoms with van der Waals surface area (Å²) in [5.41, 5.74) is 1.49. The Balaban J connectivity index is 1.68. The zero-order chi connectivity index (χ0) is 28.8. The second-order valence-electron chi connectivity index (χ2n) is 10.3. The Morgan fingerprint density at radius 3 is 2.17 bits per heavy atom. The average Bonchev–Trinajstić information content (AvgIpc) is 3.43. The number of phenols is 1. The minimum Gasteiger partial charge on any atom is -0.508 e. The molecular formula is C31H32N2O7. The zero-order valence-corrected chi connectivity index (χ0v) is 22.8. The summed E-state index contributed by atoms with van der Waals surface area (Å²) in [6.07, 6.45) is 0.712. The molecule has 2 fully saturated rings. The molecule has 0 spiro atoms. The van der Waals surface area contributed by atoms with Gasteiger partial charge in [-0.3, -0.25) is 19.7 Å². The topological polar surface area (TPSA) is 125 Å². The number of amides is 2. The van der Waals surface area contributed by atoms with Crippen LogP contribution in [0.15, 0.2) is 60.7 Å². The van der Waals surface area contributed by atoms with E-state index in [2.05, 4.69) is 5.32 Å². The quantitative estimate of drug-likeness (QED) is 0.366. The van der Waals surface area contributed by atoms with Crippen LogP contribution >= 0.6 is 0 Å². The fraction of sp³-hybridized carbons (Fsp3) is 0.323. The number of benzene rings is 3. The highest BCUT2D eigenvalue weighted by atomic mass is 16.5. The van der Waals surface area contributed by atoms with E-state index in [1.807, 2.05) is 26.0 Å². The normalized spacial score (nSPS) is 23.8. The lowest BCUT2D eigenvalue weighted by Crippen LogP contribution is -2.57. The number of fused-ring (bicyclic) bond motifs is 1. The molecule has 9 nitrogen and oxygen atoms in total. The lowest BCUT2D eigenvalue weighted by molar-refractivity contribution is -0.148. The maximum absolute atomic E-state index is 14.1. The van der Waals surface area contributed by atoms with Crippen LogP contribution in [0.4, 0.5) is 5.69 Å². The van der Waals surface area contributed by atoms with Crippen molar-refractivity contribution in [3.8, 4) is 17.2 Å². The minimum absolute atomic E-state index is 0.0375. The number of carboxylic acids is 1. The van der Waals surface area contributed by atoms with Gasteiger partial charge in [-0.15, -0.1) is 0 Å². The summed E-state index contributed by atoms with van der Waals surface area (Å²) in [5.74, 6) is -3.42. The van der Waals surface area contributed by atoms with Crippen LogP contribution in [0.1, 0.15) is 35.2 Å². The summed E-state index contributed by atoms with van der Waals surface area (Å²) in [6.45, 7) is 3.83. The second kappa shape index (κ2) is 10.3. The van der Waals surface area contributed by atoms with Crippen molar-refractivity contribution in [2.24, 2.45) is 11.8 Å². The Kier molecular flexibility index (Phi) is 7.01. The third kappa shape index (κ3) is 4.17. The maximum Gasteiger partial charge on any atom is 0.325 e. The molecule has 2 heterocycles. The summed E-state index contributed by atoms with van der Waals surface area (Å²) in [5, 5.41) is 23.7. The van der Waals surface area contributed by atoms with Gasteiger partial charge in [-0.05, 0) is 54.8 Å². The number of anilines is 1. The summed E-state index contributed by atoms with van der Waals surface area (Å²) < 4.78 is 11.2. The molecule has 0 aromatic heterocycles. The molecule has 3 aromatic rings. The third-order valence-electron chi connectivity index (χ3n) is 8.20. The predicted octanol–water partition coefficient (Wildman–Crippen LogP) is 3.80. The number of carbonyl (C=O) groups excluding carboxylic acids is 2. The van der Waals surface area contributed by atoms with Gasteiger partial charge in [0, 0.05) is 23.6 Å². The highest BCUT2D eigenvalue weighted by Gasteiger charge is 2.69. The van der Waals surface area contributed by atoms with Crippen LogP contribution in [0.2, 0.25) is 0 Å². The first kappa shape index (κ1) is 27.2. The van der Waals surface area contributed by atoms with Crippen molar-refractivity contribution in [3.63, 3.8) is 0 Å². The van der Waals surface area contributed by atoms with E-state index in [9.17, 15) is 24.6 Å². The van der Waals surface area contributed by atoms with Crippen LogP contribution in [0.5, 0.6) is 17.2 Å². The zero-order valence-electron chi connectivity index (χ0n) is 22.8. The Hall–Kier alpha value is -4.37. The van der Waals surface area contributed by atoms with Gasteiger partial charge in [0.05, 0.1) is 31.7 Å². The van der Waals surface area contributed by atoms with Crippen molar-refractivity contribution in [2.45, 2.75) is 38.3 Å². The molecule has 5 rings (SSSR count). The molecule has 0 aliphatic carbocycles. The van der Waals surface area contributed by atoms with Crippen LogP contribution in [-0.2, 0) is 27.2 Å². The molecule has 2 amide bonds. The lowest BCUT2D eigenvalue weighted by Gasteiger charge is -2.31. The van der Waals surface area contributed by atoms with Crippen molar-refractivity contribution < 1.29 is 34.1 Å². The Morgan fingerprint density at radius 2 is 1.60 bits per heavy atom. The van der Waals surface area contributed by atoms with E-state index in [1.54, 1.807) is 43.5 Å². The molecule has 2 aliphatic heterocycles. The van der Waals surface area contributed by atoms with Crippen LogP contribution < -0.4 is 19.7 Å². The number of ether oxygens (including phenoxy) is 2. The largest absolute Gasteiger partial charge is 0.508 e. The van der Waals surface area contributed by atoms with E-state index in [-0.39, 0.29) is 12.2 Å². The number of hydrogen-bond donors (Lipinski definition) is 3. The molecule has 0 bridgehead atoms.